The number of hydrogen-bond acceptors (Lipinski definition) is 3. The van der Waals surface area contributed by atoms with E-state index >= 15 is 0 Å². The highest BCUT2D eigenvalue weighted by atomic mass is 16.5. The van der Waals surface area contributed by atoms with Crippen LogP contribution in [-0.4, -0.2) is 17.6 Å². The van der Waals surface area contributed by atoms with E-state index in [2.05, 4.69) is 0 Å². The fourth-order valence-corrected chi connectivity index (χ4v) is 2.16. The van der Waals surface area contributed by atoms with Gasteiger partial charge in [0, 0.05) is 5.56 Å². The van der Waals surface area contributed by atoms with Gasteiger partial charge in [0.15, 0.2) is 5.60 Å². The smallest absolute Gasteiger partial charge is 0.258 e. The zero-order valence-electron chi connectivity index (χ0n) is 11.2. The minimum Gasteiger partial charge on any atom is -0.493 e. The molecule has 0 spiro atoms. The van der Waals surface area contributed by atoms with E-state index in [-0.39, 0.29) is 0 Å². The fourth-order valence-electron chi connectivity index (χ4n) is 2.16. The molecule has 4 nitrogen and oxygen atoms in total. The summed E-state index contributed by atoms with van der Waals surface area (Å²) in [5.41, 5.74) is 4.31. The molecule has 20 heavy (non-hydrogen) atoms. The molecule has 2 aromatic rings. The van der Waals surface area contributed by atoms with E-state index in [9.17, 15) is 9.90 Å². The number of ether oxygens (including phenoxy) is 1. The lowest BCUT2D eigenvalue weighted by Crippen LogP contribution is -2.42. The van der Waals surface area contributed by atoms with E-state index in [1.54, 1.807) is 54.6 Å². The number of rotatable bonds is 5. The van der Waals surface area contributed by atoms with Crippen molar-refractivity contribution in [1.82, 2.24) is 0 Å². The first-order chi connectivity index (χ1) is 9.60. The summed E-state index contributed by atoms with van der Waals surface area (Å²) in [5, 5.41) is 10.9. The first kappa shape index (κ1) is 14.1. The second-order valence-corrected chi connectivity index (χ2v) is 4.37. The predicted molar refractivity (Wildman–Crippen MR) is 76.2 cm³/mol. The normalized spacial score (nSPS) is 13.5. The third-order valence-corrected chi connectivity index (χ3v) is 3.12. The van der Waals surface area contributed by atoms with Gasteiger partial charge in [-0.2, -0.15) is 0 Å². The molecule has 4 heteroatoms. The van der Waals surface area contributed by atoms with Crippen LogP contribution in [0, 0.1) is 0 Å². The Morgan fingerprint density at radius 1 is 1.15 bits per heavy atom. The summed E-state index contributed by atoms with van der Waals surface area (Å²) in [4.78, 5) is 11.9. The van der Waals surface area contributed by atoms with Gasteiger partial charge < -0.3 is 15.6 Å². The first-order valence-corrected chi connectivity index (χ1v) is 6.40. The van der Waals surface area contributed by atoms with Crippen LogP contribution in [0.15, 0.2) is 54.6 Å². The van der Waals surface area contributed by atoms with Crippen molar-refractivity contribution in [2.75, 3.05) is 6.61 Å². The molecular weight excluding hydrogens is 254 g/mol. The van der Waals surface area contributed by atoms with Crippen LogP contribution in [0.2, 0.25) is 0 Å². The summed E-state index contributed by atoms with van der Waals surface area (Å²) in [6.07, 6.45) is 0. The van der Waals surface area contributed by atoms with Crippen LogP contribution in [0.3, 0.4) is 0 Å². The predicted octanol–water partition coefficient (Wildman–Crippen LogP) is 1.81. The topological polar surface area (TPSA) is 72.6 Å². The van der Waals surface area contributed by atoms with Gasteiger partial charge in [-0.15, -0.1) is 0 Å². The zero-order chi connectivity index (χ0) is 14.6. The number of hydrogen-bond donors (Lipinski definition) is 2. The van der Waals surface area contributed by atoms with E-state index in [1.165, 1.54) is 0 Å². The highest BCUT2D eigenvalue weighted by molar-refractivity contribution is 5.89. The quantitative estimate of drug-likeness (QED) is 0.871. The SMILES string of the molecule is CCOc1ccccc1C(O)(C(N)=O)c1ccccc1. The van der Waals surface area contributed by atoms with Gasteiger partial charge in [-0.1, -0.05) is 48.5 Å². The van der Waals surface area contributed by atoms with E-state index in [1.807, 2.05) is 6.92 Å². The van der Waals surface area contributed by atoms with Gasteiger partial charge in [0.1, 0.15) is 5.75 Å². The third kappa shape index (κ3) is 2.38. The van der Waals surface area contributed by atoms with E-state index < -0.39 is 11.5 Å². The standard InChI is InChI=1S/C16H17NO3/c1-2-20-14-11-7-6-10-13(14)16(19,15(17)18)12-8-4-3-5-9-12/h3-11,19H,2H2,1H3,(H2,17,18). The molecule has 1 atom stereocenters. The molecule has 0 heterocycles. The number of para-hydroxylation sites is 1. The number of primary amides is 1. The van der Waals surface area contributed by atoms with Crippen molar-refractivity contribution in [2.24, 2.45) is 5.73 Å². The van der Waals surface area contributed by atoms with Crippen molar-refractivity contribution in [3.05, 3.63) is 65.7 Å². The Balaban J connectivity index is 2.63. The van der Waals surface area contributed by atoms with Gasteiger partial charge in [0.25, 0.3) is 5.91 Å². The maximum absolute atomic E-state index is 11.9. The summed E-state index contributed by atoms with van der Waals surface area (Å²) in [6.45, 7) is 2.27. The monoisotopic (exact) mass is 271 g/mol. The van der Waals surface area contributed by atoms with Crippen molar-refractivity contribution in [3.8, 4) is 5.75 Å². The Hall–Kier alpha value is -2.33. The van der Waals surface area contributed by atoms with Gasteiger partial charge in [-0.25, -0.2) is 0 Å². The van der Waals surface area contributed by atoms with Crippen LogP contribution in [0.25, 0.3) is 0 Å². The molecule has 0 saturated carbocycles. The molecule has 0 bridgehead atoms. The van der Waals surface area contributed by atoms with Crippen LogP contribution in [0.4, 0.5) is 0 Å². The molecular formula is C16H17NO3. The number of benzene rings is 2. The van der Waals surface area contributed by atoms with Crippen molar-refractivity contribution < 1.29 is 14.6 Å². The second-order valence-electron chi connectivity index (χ2n) is 4.37. The maximum Gasteiger partial charge on any atom is 0.258 e. The Morgan fingerprint density at radius 2 is 1.75 bits per heavy atom. The minimum absolute atomic E-state index is 0.348. The molecule has 1 amide bonds. The van der Waals surface area contributed by atoms with Crippen molar-refractivity contribution in [3.63, 3.8) is 0 Å². The van der Waals surface area contributed by atoms with Gasteiger partial charge in [-0.3, -0.25) is 4.79 Å². The van der Waals surface area contributed by atoms with Gasteiger partial charge in [0.2, 0.25) is 0 Å². The summed E-state index contributed by atoms with van der Waals surface area (Å²) in [6, 6.07) is 15.5. The molecule has 2 aromatic carbocycles. The van der Waals surface area contributed by atoms with E-state index in [4.69, 9.17) is 10.5 Å². The van der Waals surface area contributed by atoms with Crippen LogP contribution >= 0.6 is 0 Å². The van der Waals surface area contributed by atoms with E-state index in [0.29, 0.717) is 23.5 Å². The average Bonchev–Trinajstić information content (AvgIpc) is 2.48. The van der Waals surface area contributed by atoms with E-state index in [0.717, 1.165) is 0 Å². The molecule has 0 aliphatic rings. The van der Waals surface area contributed by atoms with Crippen LogP contribution in [0.1, 0.15) is 18.1 Å². The molecule has 0 fully saturated rings. The molecule has 3 N–H and O–H groups in total. The number of amides is 1. The van der Waals surface area contributed by atoms with Crippen molar-refractivity contribution in [2.45, 2.75) is 12.5 Å². The molecule has 0 radical (unpaired) electrons. The molecule has 0 aromatic heterocycles. The molecule has 0 aliphatic carbocycles. The minimum atomic E-state index is -1.91. The van der Waals surface area contributed by atoms with Gasteiger partial charge in [0.05, 0.1) is 6.61 Å². The fraction of sp³-hybridized carbons (Fsp3) is 0.188. The molecule has 1 unspecified atom stereocenters. The molecule has 2 rings (SSSR count). The Morgan fingerprint density at radius 3 is 2.35 bits per heavy atom. The van der Waals surface area contributed by atoms with Crippen LogP contribution < -0.4 is 10.5 Å². The average molecular weight is 271 g/mol. The largest absolute Gasteiger partial charge is 0.493 e. The number of carbonyl (C=O) groups is 1. The molecule has 104 valence electrons. The van der Waals surface area contributed by atoms with Crippen molar-refractivity contribution in [1.29, 1.82) is 0 Å². The highest BCUT2D eigenvalue weighted by Gasteiger charge is 2.40. The summed E-state index contributed by atoms with van der Waals surface area (Å²) in [7, 11) is 0. The van der Waals surface area contributed by atoms with Gasteiger partial charge in [-0.05, 0) is 18.6 Å². The summed E-state index contributed by atoms with van der Waals surface area (Å²) < 4.78 is 5.49. The van der Waals surface area contributed by atoms with Crippen LogP contribution in [0.5, 0.6) is 5.75 Å². The number of nitrogens with two attached hydrogens (primary N) is 1. The lowest BCUT2D eigenvalue weighted by molar-refractivity contribution is -0.133. The zero-order valence-corrected chi connectivity index (χ0v) is 11.2. The first-order valence-electron chi connectivity index (χ1n) is 6.40. The maximum atomic E-state index is 11.9. The third-order valence-electron chi connectivity index (χ3n) is 3.12. The van der Waals surface area contributed by atoms with Gasteiger partial charge >= 0.3 is 0 Å². The second kappa shape index (κ2) is 5.75. The lowest BCUT2D eigenvalue weighted by Gasteiger charge is -2.27. The number of aliphatic hydroxyl groups is 1. The highest BCUT2D eigenvalue weighted by Crippen LogP contribution is 2.35. The Labute approximate surface area is 117 Å². The van der Waals surface area contributed by atoms with Crippen molar-refractivity contribution >= 4 is 5.91 Å². The Kier molecular flexibility index (Phi) is 4.05. The summed E-state index contributed by atoms with van der Waals surface area (Å²) >= 11 is 0. The summed E-state index contributed by atoms with van der Waals surface area (Å²) in [5.74, 6) is -0.393. The molecule has 0 saturated heterocycles. The molecule has 0 aliphatic heterocycles. The number of carbonyl (C=O) groups excluding carboxylic acids is 1. The lowest BCUT2D eigenvalue weighted by atomic mass is 9.85. The van der Waals surface area contributed by atoms with Crippen LogP contribution in [-0.2, 0) is 10.4 Å². The Bertz CT molecular complexity index is 598.